The van der Waals surface area contributed by atoms with Crippen molar-refractivity contribution in [2.24, 2.45) is 0 Å². The molecule has 0 radical (unpaired) electrons. The summed E-state index contributed by atoms with van der Waals surface area (Å²) in [5.74, 6) is 1.83. The Bertz CT molecular complexity index is 1310. The molecule has 0 spiro atoms. The Morgan fingerprint density at radius 3 is 2.38 bits per heavy atom. The Balaban J connectivity index is 1.85. The van der Waals surface area contributed by atoms with Crippen molar-refractivity contribution in [3.05, 3.63) is 51.4 Å². The van der Waals surface area contributed by atoms with E-state index in [-0.39, 0.29) is 11.5 Å². The van der Waals surface area contributed by atoms with Gasteiger partial charge in [-0.15, -0.1) is 0 Å². The highest BCUT2D eigenvalue weighted by Crippen LogP contribution is 2.34. The van der Waals surface area contributed by atoms with Crippen molar-refractivity contribution in [1.82, 2.24) is 19.9 Å². The smallest absolute Gasteiger partial charge is 0.260 e. The summed E-state index contributed by atoms with van der Waals surface area (Å²) < 4.78 is 10.9. The number of ether oxygens (including phenoxy) is 2. The van der Waals surface area contributed by atoms with E-state index in [0.717, 1.165) is 16.5 Å². The number of H-pyrrole nitrogens is 1. The zero-order valence-corrected chi connectivity index (χ0v) is 16.9. The molecular weight excluding hydrogens is 370 g/mol. The van der Waals surface area contributed by atoms with E-state index in [4.69, 9.17) is 9.47 Å². The van der Waals surface area contributed by atoms with Gasteiger partial charge in [-0.1, -0.05) is 6.07 Å². The summed E-state index contributed by atoms with van der Waals surface area (Å²) in [6, 6.07) is 7.43. The summed E-state index contributed by atoms with van der Waals surface area (Å²) >= 11 is 0. The molecule has 0 aliphatic rings. The molecule has 2 heterocycles. The summed E-state index contributed by atoms with van der Waals surface area (Å²) in [5.41, 5.74) is 3.67. The first-order valence-electron chi connectivity index (χ1n) is 9.09. The maximum Gasteiger partial charge on any atom is 0.260 e. The van der Waals surface area contributed by atoms with E-state index in [0.29, 0.717) is 39.6 Å². The summed E-state index contributed by atoms with van der Waals surface area (Å²) in [6.45, 7) is 5.74. The topological polar surface area (TPSA) is 102 Å². The van der Waals surface area contributed by atoms with E-state index in [1.165, 1.54) is 0 Å². The molecule has 0 unspecified atom stereocenters. The molecule has 29 heavy (non-hydrogen) atoms. The highest BCUT2D eigenvalue weighted by atomic mass is 16.5. The average molecular weight is 391 g/mol. The van der Waals surface area contributed by atoms with Crippen molar-refractivity contribution in [2.45, 2.75) is 20.8 Å². The number of methoxy groups -OCH3 is 2. The molecule has 0 saturated carbocycles. The number of nitrogens with zero attached hydrogens (tertiary/aromatic N) is 3. The molecule has 4 rings (SSSR count). The van der Waals surface area contributed by atoms with Gasteiger partial charge in [-0.2, -0.15) is 0 Å². The van der Waals surface area contributed by atoms with Crippen LogP contribution in [-0.4, -0.2) is 34.2 Å². The number of fused-ring (bicyclic) bond motifs is 2. The van der Waals surface area contributed by atoms with Crippen LogP contribution < -0.4 is 20.3 Å². The van der Waals surface area contributed by atoms with Crippen LogP contribution in [0.15, 0.2) is 29.1 Å². The number of aryl methyl sites for hydroxylation is 3. The predicted octanol–water partition coefficient (Wildman–Crippen LogP) is 3.55. The first-order valence-corrected chi connectivity index (χ1v) is 9.09. The van der Waals surface area contributed by atoms with Gasteiger partial charge in [-0.05, 0) is 50.1 Å². The molecule has 2 N–H and O–H groups in total. The highest BCUT2D eigenvalue weighted by Gasteiger charge is 2.15. The molecular formula is C21H21N5O3. The van der Waals surface area contributed by atoms with E-state index in [1.807, 2.05) is 39.0 Å². The maximum absolute atomic E-state index is 12.5. The Labute approximate surface area is 166 Å². The third-order valence-corrected chi connectivity index (χ3v) is 4.77. The minimum absolute atomic E-state index is 0.221. The van der Waals surface area contributed by atoms with Crippen LogP contribution in [0.3, 0.4) is 0 Å². The Morgan fingerprint density at radius 2 is 1.66 bits per heavy atom. The van der Waals surface area contributed by atoms with Crippen molar-refractivity contribution in [3.63, 3.8) is 0 Å². The molecule has 8 nitrogen and oxygen atoms in total. The number of anilines is 2. The van der Waals surface area contributed by atoms with E-state index in [1.54, 1.807) is 20.3 Å². The predicted molar refractivity (Wildman–Crippen MR) is 112 cm³/mol. The van der Waals surface area contributed by atoms with Crippen molar-refractivity contribution >= 4 is 33.7 Å². The molecule has 8 heteroatoms. The second-order valence-electron chi connectivity index (χ2n) is 6.84. The van der Waals surface area contributed by atoms with Crippen LogP contribution in [0.1, 0.15) is 16.8 Å². The first-order chi connectivity index (χ1) is 13.9. The number of aromatic amines is 1. The lowest BCUT2D eigenvalue weighted by Gasteiger charge is -2.13. The van der Waals surface area contributed by atoms with E-state index in [2.05, 4.69) is 25.3 Å². The number of hydrogen-bond donors (Lipinski definition) is 2. The molecule has 2 aromatic carbocycles. The lowest BCUT2D eigenvalue weighted by atomic mass is 10.1. The SMILES string of the molecule is COc1ccc(OC)c2c(C)nc(Nc3nc4c(C)cc(C)cc4c(=O)[nH]3)nc12. The van der Waals surface area contributed by atoms with Crippen LogP contribution in [0.5, 0.6) is 11.5 Å². The summed E-state index contributed by atoms with van der Waals surface area (Å²) in [4.78, 5) is 28.9. The minimum Gasteiger partial charge on any atom is -0.496 e. The van der Waals surface area contributed by atoms with Crippen LogP contribution in [0.4, 0.5) is 11.9 Å². The largest absolute Gasteiger partial charge is 0.496 e. The Hall–Kier alpha value is -3.68. The van der Waals surface area contributed by atoms with Crippen molar-refractivity contribution in [2.75, 3.05) is 19.5 Å². The van der Waals surface area contributed by atoms with Gasteiger partial charge in [0.1, 0.15) is 17.0 Å². The van der Waals surface area contributed by atoms with Gasteiger partial charge in [0.25, 0.3) is 5.56 Å². The van der Waals surface area contributed by atoms with Crippen LogP contribution >= 0.6 is 0 Å². The fourth-order valence-corrected chi connectivity index (χ4v) is 3.51. The van der Waals surface area contributed by atoms with Gasteiger partial charge in [-0.3, -0.25) is 15.1 Å². The third kappa shape index (κ3) is 3.22. The van der Waals surface area contributed by atoms with E-state index < -0.39 is 0 Å². The van der Waals surface area contributed by atoms with Crippen molar-refractivity contribution < 1.29 is 9.47 Å². The fraction of sp³-hybridized carbons (Fsp3) is 0.238. The van der Waals surface area contributed by atoms with Crippen LogP contribution in [0, 0.1) is 20.8 Å². The molecule has 0 aliphatic heterocycles. The Kier molecular flexibility index (Phi) is 4.54. The lowest BCUT2D eigenvalue weighted by molar-refractivity contribution is 0.409. The Morgan fingerprint density at radius 1 is 0.931 bits per heavy atom. The van der Waals surface area contributed by atoms with Gasteiger partial charge in [-0.25, -0.2) is 15.0 Å². The van der Waals surface area contributed by atoms with Crippen LogP contribution in [0.25, 0.3) is 21.8 Å². The molecule has 0 amide bonds. The fourth-order valence-electron chi connectivity index (χ4n) is 3.51. The molecule has 2 aromatic heterocycles. The monoisotopic (exact) mass is 391 g/mol. The maximum atomic E-state index is 12.5. The second kappa shape index (κ2) is 7.05. The summed E-state index contributed by atoms with van der Waals surface area (Å²) in [5, 5.41) is 4.33. The first kappa shape index (κ1) is 18.7. The molecule has 0 bridgehead atoms. The summed E-state index contributed by atoms with van der Waals surface area (Å²) in [7, 11) is 3.18. The molecule has 0 aliphatic carbocycles. The minimum atomic E-state index is -0.221. The number of nitrogens with one attached hydrogen (secondary N) is 2. The average Bonchev–Trinajstić information content (AvgIpc) is 2.68. The third-order valence-electron chi connectivity index (χ3n) is 4.77. The van der Waals surface area contributed by atoms with Crippen molar-refractivity contribution in [3.8, 4) is 11.5 Å². The van der Waals surface area contributed by atoms with Gasteiger partial charge in [0.2, 0.25) is 11.9 Å². The van der Waals surface area contributed by atoms with E-state index >= 15 is 0 Å². The van der Waals surface area contributed by atoms with Crippen LogP contribution in [0.2, 0.25) is 0 Å². The lowest BCUT2D eigenvalue weighted by Crippen LogP contribution is -2.13. The molecule has 4 aromatic rings. The van der Waals surface area contributed by atoms with Gasteiger partial charge < -0.3 is 9.47 Å². The number of hydrogen-bond acceptors (Lipinski definition) is 7. The van der Waals surface area contributed by atoms with Gasteiger partial charge in [0, 0.05) is 0 Å². The normalized spacial score (nSPS) is 11.1. The number of rotatable bonds is 4. The molecule has 0 fully saturated rings. The van der Waals surface area contributed by atoms with E-state index in [9.17, 15) is 4.79 Å². The molecule has 148 valence electrons. The van der Waals surface area contributed by atoms with Crippen molar-refractivity contribution in [1.29, 1.82) is 0 Å². The zero-order chi connectivity index (χ0) is 20.7. The summed E-state index contributed by atoms with van der Waals surface area (Å²) in [6.07, 6.45) is 0. The van der Waals surface area contributed by atoms with Gasteiger partial charge in [0.15, 0.2) is 0 Å². The quantitative estimate of drug-likeness (QED) is 0.548. The number of aromatic nitrogens is 4. The van der Waals surface area contributed by atoms with Gasteiger partial charge in [0.05, 0.1) is 36.2 Å². The zero-order valence-electron chi connectivity index (χ0n) is 16.9. The molecule has 0 atom stereocenters. The van der Waals surface area contributed by atoms with Crippen LogP contribution in [-0.2, 0) is 0 Å². The second-order valence-corrected chi connectivity index (χ2v) is 6.84. The number of benzene rings is 2. The van der Waals surface area contributed by atoms with Gasteiger partial charge >= 0.3 is 0 Å². The highest BCUT2D eigenvalue weighted by molar-refractivity contribution is 5.92. The molecule has 0 saturated heterocycles. The standard InChI is InChI=1S/C21H21N5O3/c1-10-8-11(2)17-13(9-10)19(27)25-21(23-17)26-20-22-12(3)16-14(28-4)6-7-15(29-5)18(16)24-20/h6-9H,1-5H3,(H2,22,23,24,25,26,27).